The zero-order valence-electron chi connectivity index (χ0n) is 8.64. The quantitative estimate of drug-likeness (QED) is 0.621. The van der Waals surface area contributed by atoms with Gasteiger partial charge in [-0.15, -0.1) is 0 Å². The van der Waals surface area contributed by atoms with Crippen molar-refractivity contribution in [2.24, 2.45) is 0 Å². The first-order valence-corrected chi connectivity index (χ1v) is 4.94. The lowest BCUT2D eigenvalue weighted by Crippen LogP contribution is -2.12. The van der Waals surface area contributed by atoms with E-state index < -0.39 is 0 Å². The van der Waals surface area contributed by atoms with Crippen molar-refractivity contribution in [3.8, 4) is 11.5 Å². The van der Waals surface area contributed by atoms with E-state index in [0.717, 1.165) is 11.3 Å². The Kier molecular flexibility index (Phi) is 3.07. The lowest BCUT2D eigenvalue weighted by molar-refractivity contribution is 0.443. The number of phenols is 2. The molecule has 0 fully saturated rings. The van der Waals surface area contributed by atoms with Crippen LogP contribution < -0.4 is 5.32 Å². The molecule has 5 heteroatoms. The highest BCUT2D eigenvalue weighted by atomic mass is 16.3. The Morgan fingerprint density at radius 3 is 2.81 bits per heavy atom. The van der Waals surface area contributed by atoms with Gasteiger partial charge in [0.2, 0.25) is 0 Å². The van der Waals surface area contributed by atoms with Crippen LogP contribution in [-0.4, -0.2) is 20.2 Å². The second kappa shape index (κ2) is 4.67. The molecule has 1 heterocycles. The molecule has 1 aromatic heterocycles. The third-order valence-corrected chi connectivity index (χ3v) is 2.25. The number of aromatic nitrogens is 2. The largest absolute Gasteiger partial charge is 0.508 e. The number of phenolic OH excluding ortho intramolecular Hbond substituents is 2. The van der Waals surface area contributed by atoms with Crippen LogP contribution in [0.4, 0.5) is 0 Å². The van der Waals surface area contributed by atoms with Gasteiger partial charge in [-0.05, 0) is 6.07 Å². The number of aromatic amines is 1. The van der Waals surface area contributed by atoms with Crippen molar-refractivity contribution in [3.05, 3.63) is 42.0 Å². The molecule has 84 valence electrons. The standard InChI is InChI=1S/C11H13N3O2/c15-10-2-1-8(11(16)3-10)4-12-5-9-6-13-7-14-9/h1-3,6-7,12,15-16H,4-5H2,(H,13,14). The van der Waals surface area contributed by atoms with Gasteiger partial charge in [-0.25, -0.2) is 4.98 Å². The molecule has 2 rings (SSSR count). The summed E-state index contributed by atoms with van der Waals surface area (Å²) in [5.74, 6) is 0.159. The first kappa shape index (κ1) is 10.5. The maximum atomic E-state index is 9.53. The zero-order valence-corrected chi connectivity index (χ0v) is 8.64. The molecule has 4 N–H and O–H groups in total. The summed E-state index contributed by atoms with van der Waals surface area (Å²) in [7, 11) is 0. The van der Waals surface area contributed by atoms with Gasteiger partial charge in [0.25, 0.3) is 0 Å². The number of aromatic hydroxyl groups is 2. The van der Waals surface area contributed by atoms with Gasteiger partial charge < -0.3 is 20.5 Å². The van der Waals surface area contributed by atoms with Gasteiger partial charge in [0, 0.05) is 36.6 Å². The fraction of sp³-hybridized carbons (Fsp3) is 0.182. The van der Waals surface area contributed by atoms with Gasteiger partial charge in [-0.1, -0.05) is 6.07 Å². The maximum Gasteiger partial charge on any atom is 0.123 e. The first-order valence-electron chi connectivity index (χ1n) is 4.94. The molecule has 0 aliphatic carbocycles. The minimum absolute atomic E-state index is 0.0646. The number of rotatable bonds is 4. The summed E-state index contributed by atoms with van der Waals surface area (Å²) < 4.78 is 0. The van der Waals surface area contributed by atoms with E-state index in [1.54, 1.807) is 24.7 Å². The summed E-state index contributed by atoms with van der Waals surface area (Å²) in [5, 5.41) is 21.8. The van der Waals surface area contributed by atoms with Crippen LogP contribution in [-0.2, 0) is 13.1 Å². The number of hydrogen-bond acceptors (Lipinski definition) is 4. The van der Waals surface area contributed by atoms with Crippen LogP contribution in [0.1, 0.15) is 11.3 Å². The molecule has 0 bridgehead atoms. The summed E-state index contributed by atoms with van der Waals surface area (Å²) in [6.07, 6.45) is 3.36. The van der Waals surface area contributed by atoms with E-state index in [1.807, 2.05) is 0 Å². The SMILES string of the molecule is Oc1ccc(CNCc2cnc[nH]2)c(O)c1. The molecular formula is C11H13N3O2. The maximum absolute atomic E-state index is 9.53. The Balaban J connectivity index is 1.90. The van der Waals surface area contributed by atoms with Crippen LogP contribution in [0.25, 0.3) is 0 Å². The second-order valence-corrected chi connectivity index (χ2v) is 3.49. The minimum atomic E-state index is 0.0646. The van der Waals surface area contributed by atoms with Crippen molar-refractivity contribution in [1.82, 2.24) is 15.3 Å². The van der Waals surface area contributed by atoms with Gasteiger partial charge in [0.05, 0.1) is 6.33 Å². The number of H-pyrrole nitrogens is 1. The highest BCUT2D eigenvalue weighted by Crippen LogP contribution is 2.22. The van der Waals surface area contributed by atoms with Crippen LogP contribution in [0, 0.1) is 0 Å². The Bertz CT molecular complexity index is 454. The third kappa shape index (κ3) is 2.52. The molecule has 0 atom stereocenters. The Morgan fingerprint density at radius 1 is 1.25 bits per heavy atom. The molecule has 0 radical (unpaired) electrons. The van der Waals surface area contributed by atoms with Gasteiger partial charge in [0.15, 0.2) is 0 Å². The summed E-state index contributed by atoms with van der Waals surface area (Å²) >= 11 is 0. The van der Waals surface area contributed by atoms with Crippen molar-refractivity contribution < 1.29 is 10.2 Å². The monoisotopic (exact) mass is 219 g/mol. The molecular weight excluding hydrogens is 206 g/mol. The Morgan fingerprint density at radius 2 is 2.12 bits per heavy atom. The van der Waals surface area contributed by atoms with Crippen molar-refractivity contribution in [2.75, 3.05) is 0 Å². The first-order chi connectivity index (χ1) is 7.75. The fourth-order valence-electron chi connectivity index (χ4n) is 1.41. The summed E-state index contributed by atoms with van der Waals surface area (Å²) in [5.41, 5.74) is 1.73. The Hall–Kier alpha value is -2.01. The van der Waals surface area contributed by atoms with Crippen LogP contribution in [0.3, 0.4) is 0 Å². The molecule has 0 spiro atoms. The predicted octanol–water partition coefficient (Wildman–Crippen LogP) is 1.11. The highest BCUT2D eigenvalue weighted by molar-refractivity contribution is 5.38. The average molecular weight is 219 g/mol. The van der Waals surface area contributed by atoms with Crippen LogP contribution in [0.2, 0.25) is 0 Å². The lowest BCUT2D eigenvalue weighted by Gasteiger charge is -2.06. The van der Waals surface area contributed by atoms with E-state index >= 15 is 0 Å². The van der Waals surface area contributed by atoms with Gasteiger partial charge in [-0.3, -0.25) is 0 Å². The number of nitrogens with one attached hydrogen (secondary N) is 2. The van der Waals surface area contributed by atoms with E-state index in [2.05, 4.69) is 15.3 Å². The smallest absolute Gasteiger partial charge is 0.123 e. The van der Waals surface area contributed by atoms with Crippen LogP contribution in [0.15, 0.2) is 30.7 Å². The number of imidazole rings is 1. The van der Waals surface area contributed by atoms with Crippen LogP contribution >= 0.6 is 0 Å². The molecule has 5 nitrogen and oxygen atoms in total. The third-order valence-electron chi connectivity index (χ3n) is 2.25. The van der Waals surface area contributed by atoms with Crippen molar-refractivity contribution in [3.63, 3.8) is 0 Å². The second-order valence-electron chi connectivity index (χ2n) is 3.49. The van der Waals surface area contributed by atoms with E-state index in [9.17, 15) is 5.11 Å². The van der Waals surface area contributed by atoms with Gasteiger partial charge >= 0.3 is 0 Å². The molecule has 0 amide bonds. The normalized spacial score (nSPS) is 10.5. The molecule has 16 heavy (non-hydrogen) atoms. The number of hydrogen-bond donors (Lipinski definition) is 4. The summed E-state index contributed by atoms with van der Waals surface area (Å²) in [6, 6.07) is 4.56. The molecule has 0 aliphatic rings. The number of nitrogens with zero attached hydrogens (tertiary/aromatic N) is 1. The molecule has 0 saturated carbocycles. The van der Waals surface area contributed by atoms with Crippen molar-refractivity contribution >= 4 is 0 Å². The topological polar surface area (TPSA) is 81.2 Å². The average Bonchev–Trinajstić information content (AvgIpc) is 2.74. The van der Waals surface area contributed by atoms with E-state index in [0.29, 0.717) is 13.1 Å². The zero-order chi connectivity index (χ0) is 11.4. The molecule has 2 aromatic rings. The minimum Gasteiger partial charge on any atom is -0.508 e. The molecule has 0 aliphatic heterocycles. The molecule has 1 aromatic carbocycles. The molecule has 0 saturated heterocycles. The van der Waals surface area contributed by atoms with E-state index in [4.69, 9.17) is 5.11 Å². The number of benzene rings is 1. The Labute approximate surface area is 92.8 Å². The summed E-state index contributed by atoms with van der Waals surface area (Å²) in [6.45, 7) is 1.19. The van der Waals surface area contributed by atoms with E-state index in [1.165, 1.54) is 6.07 Å². The highest BCUT2D eigenvalue weighted by Gasteiger charge is 2.01. The van der Waals surface area contributed by atoms with Crippen molar-refractivity contribution in [1.29, 1.82) is 0 Å². The lowest BCUT2D eigenvalue weighted by atomic mass is 10.2. The summed E-state index contributed by atoms with van der Waals surface area (Å²) in [4.78, 5) is 6.87. The predicted molar refractivity (Wildman–Crippen MR) is 58.9 cm³/mol. The van der Waals surface area contributed by atoms with Crippen LogP contribution in [0.5, 0.6) is 11.5 Å². The van der Waals surface area contributed by atoms with Gasteiger partial charge in [0.1, 0.15) is 11.5 Å². The van der Waals surface area contributed by atoms with E-state index in [-0.39, 0.29) is 11.5 Å². The van der Waals surface area contributed by atoms with Crippen molar-refractivity contribution in [2.45, 2.75) is 13.1 Å². The molecule has 0 unspecified atom stereocenters. The fourth-order valence-corrected chi connectivity index (χ4v) is 1.41. The van der Waals surface area contributed by atoms with Gasteiger partial charge in [-0.2, -0.15) is 0 Å².